The standard InChI is InChI=1S/C15H22N6O2/c1-2-11-5-3-4-6-12(11)18-15-20-13(16-7-9-22)19-14(21-15)17-8-10-23/h3-6,22-23H,2,7-10H2,1H3,(H3,16,17,18,19,20,21). The number of hydrogen-bond donors (Lipinski definition) is 5. The van der Waals surface area contributed by atoms with Gasteiger partial charge in [0.25, 0.3) is 0 Å². The molecule has 1 aromatic heterocycles. The highest BCUT2D eigenvalue weighted by atomic mass is 16.3. The van der Waals surface area contributed by atoms with Crippen molar-refractivity contribution in [3.63, 3.8) is 0 Å². The first-order chi connectivity index (χ1) is 11.3. The minimum atomic E-state index is -0.0213. The number of benzene rings is 1. The molecule has 124 valence electrons. The van der Waals surface area contributed by atoms with Gasteiger partial charge in [0.1, 0.15) is 0 Å². The molecule has 0 spiro atoms. The fraction of sp³-hybridized carbons (Fsp3) is 0.400. The van der Waals surface area contributed by atoms with Crippen LogP contribution in [0.4, 0.5) is 23.5 Å². The number of aliphatic hydroxyl groups excluding tert-OH is 2. The molecule has 0 saturated heterocycles. The van der Waals surface area contributed by atoms with E-state index in [0.717, 1.165) is 17.7 Å². The van der Waals surface area contributed by atoms with E-state index in [9.17, 15) is 0 Å². The number of anilines is 4. The third kappa shape index (κ3) is 5.04. The lowest BCUT2D eigenvalue weighted by Gasteiger charge is -2.12. The molecule has 8 heteroatoms. The van der Waals surface area contributed by atoms with Crippen LogP contribution in [0.3, 0.4) is 0 Å². The molecule has 0 atom stereocenters. The van der Waals surface area contributed by atoms with Gasteiger partial charge in [0.15, 0.2) is 0 Å². The van der Waals surface area contributed by atoms with E-state index in [1.54, 1.807) is 0 Å². The molecule has 23 heavy (non-hydrogen) atoms. The lowest BCUT2D eigenvalue weighted by molar-refractivity contribution is 0.310. The zero-order valence-corrected chi connectivity index (χ0v) is 13.1. The first-order valence-electron chi connectivity index (χ1n) is 7.57. The summed E-state index contributed by atoms with van der Waals surface area (Å²) in [6.45, 7) is 2.72. The molecule has 0 fully saturated rings. The maximum Gasteiger partial charge on any atom is 0.233 e. The van der Waals surface area contributed by atoms with Crippen LogP contribution in [0.15, 0.2) is 24.3 Å². The molecule has 0 aliphatic heterocycles. The number of aliphatic hydroxyl groups is 2. The fourth-order valence-electron chi connectivity index (χ4n) is 2.00. The average molecular weight is 318 g/mol. The second-order valence-electron chi connectivity index (χ2n) is 4.74. The second-order valence-corrected chi connectivity index (χ2v) is 4.74. The van der Waals surface area contributed by atoms with Crippen LogP contribution in [-0.4, -0.2) is 51.5 Å². The van der Waals surface area contributed by atoms with Crippen molar-refractivity contribution in [1.29, 1.82) is 0 Å². The molecule has 0 bridgehead atoms. The Labute approximate surface area is 135 Å². The van der Waals surface area contributed by atoms with E-state index >= 15 is 0 Å². The van der Waals surface area contributed by atoms with E-state index in [1.807, 2.05) is 24.3 Å². The molecule has 0 amide bonds. The molecule has 1 aromatic carbocycles. The lowest BCUT2D eigenvalue weighted by Crippen LogP contribution is -2.15. The molecule has 2 aromatic rings. The largest absolute Gasteiger partial charge is 0.395 e. The number of para-hydroxylation sites is 1. The van der Waals surface area contributed by atoms with E-state index in [4.69, 9.17) is 10.2 Å². The maximum atomic E-state index is 8.91. The van der Waals surface area contributed by atoms with Crippen molar-refractivity contribution in [2.75, 3.05) is 42.3 Å². The summed E-state index contributed by atoms with van der Waals surface area (Å²) in [5.74, 6) is 1.10. The van der Waals surface area contributed by atoms with E-state index < -0.39 is 0 Å². The van der Waals surface area contributed by atoms with Crippen LogP contribution in [-0.2, 0) is 6.42 Å². The Kier molecular flexibility index (Phi) is 6.52. The Bertz CT molecular complexity index is 596. The average Bonchev–Trinajstić information content (AvgIpc) is 2.58. The molecule has 1 heterocycles. The summed E-state index contributed by atoms with van der Waals surface area (Å²) in [6.07, 6.45) is 0.888. The van der Waals surface area contributed by atoms with Crippen molar-refractivity contribution in [2.45, 2.75) is 13.3 Å². The smallest absolute Gasteiger partial charge is 0.233 e. The fourth-order valence-corrected chi connectivity index (χ4v) is 2.00. The van der Waals surface area contributed by atoms with Crippen molar-refractivity contribution < 1.29 is 10.2 Å². The highest BCUT2D eigenvalue weighted by Crippen LogP contribution is 2.20. The summed E-state index contributed by atoms with van der Waals surface area (Å²) >= 11 is 0. The molecule has 0 unspecified atom stereocenters. The minimum Gasteiger partial charge on any atom is -0.395 e. The third-order valence-corrected chi connectivity index (χ3v) is 3.07. The lowest BCUT2D eigenvalue weighted by atomic mass is 10.1. The summed E-state index contributed by atoms with van der Waals surface area (Å²) in [4.78, 5) is 12.8. The normalized spacial score (nSPS) is 10.4. The molecule has 2 rings (SSSR count). The van der Waals surface area contributed by atoms with Crippen molar-refractivity contribution in [1.82, 2.24) is 15.0 Å². The highest BCUT2D eigenvalue weighted by molar-refractivity contribution is 5.60. The van der Waals surface area contributed by atoms with Gasteiger partial charge in [-0.25, -0.2) is 0 Å². The summed E-state index contributed by atoms with van der Waals surface area (Å²) in [5.41, 5.74) is 2.09. The van der Waals surface area contributed by atoms with E-state index in [-0.39, 0.29) is 13.2 Å². The zero-order chi connectivity index (χ0) is 16.5. The SMILES string of the molecule is CCc1ccccc1Nc1nc(NCCO)nc(NCCO)n1. The predicted molar refractivity (Wildman–Crippen MR) is 90.1 cm³/mol. The molecule has 0 aliphatic carbocycles. The molecule has 5 N–H and O–H groups in total. The summed E-state index contributed by atoms with van der Waals surface area (Å²) in [5, 5.41) is 26.8. The second kappa shape index (κ2) is 8.86. The summed E-state index contributed by atoms with van der Waals surface area (Å²) in [7, 11) is 0. The first-order valence-corrected chi connectivity index (χ1v) is 7.57. The topological polar surface area (TPSA) is 115 Å². The van der Waals surface area contributed by atoms with Gasteiger partial charge in [-0.1, -0.05) is 25.1 Å². The Balaban J connectivity index is 2.24. The van der Waals surface area contributed by atoms with Gasteiger partial charge in [0, 0.05) is 18.8 Å². The van der Waals surface area contributed by atoms with Crippen LogP contribution in [0.1, 0.15) is 12.5 Å². The van der Waals surface area contributed by atoms with Crippen molar-refractivity contribution in [3.8, 4) is 0 Å². The van der Waals surface area contributed by atoms with Crippen molar-refractivity contribution >= 4 is 23.5 Å². The van der Waals surface area contributed by atoms with Gasteiger partial charge in [-0.3, -0.25) is 0 Å². The first kappa shape index (κ1) is 16.9. The minimum absolute atomic E-state index is 0.0213. The predicted octanol–water partition coefficient (Wildman–Crippen LogP) is 0.986. The summed E-state index contributed by atoms with van der Waals surface area (Å²) < 4.78 is 0. The Morgan fingerprint density at radius 2 is 1.43 bits per heavy atom. The van der Waals surface area contributed by atoms with Crippen LogP contribution >= 0.6 is 0 Å². The third-order valence-electron chi connectivity index (χ3n) is 3.07. The van der Waals surface area contributed by atoms with E-state index in [1.165, 1.54) is 0 Å². The quantitative estimate of drug-likeness (QED) is 0.465. The van der Waals surface area contributed by atoms with Crippen LogP contribution in [0.25, 0.3) is 0 Å². The molecule has 8 nitrogen and oxygen atoms in total. The molecule has 0 radical (unpaired) electrons. The molecule has 0 aliphatic rings. The summed E-state index contributed by atoms with van der Waals surface area (Å²) in [6, 6.07) is 7.93. The Hall–Kier alpha value is -2.45. The maximum absolute atomic E-state index is 8.91. The van der Waals surface area contributed by atoms with Gasteiger partial charge in [-0.05, 0) is 18.1 Å². The number of aryl methyl sites for hydroxylation is 1. The Morgan fingerprint density at radius 3 is 2.00 bits per heavy atom. The van der Waals surface area contributed by atoms with Crippen LogP contribution in [0, 0.1) is 0 Å². The number of nitrogens with one attached hydrogen (secondary N) is 3. The molecular weight excluding hydrogens is 296 g/mol. The van der Waals surface area contributed by atoms with Crippen LogP contribution in [0.5, 0.6) is 0 Å². The number of hydrogen-bond acceptors (Lipinski definition) is 8. The van der Waals surface area contributed by atoms with Gasteiger partial charge >= 0.3 is 0 Å². The van der Waals surface area contributed by atoms with Gasteiger partial charge in [-0.2, -0.15) is 15.0 Å². The van der Waals surface area contributed by atoms with E-state index in [0.29, 0.717) is 30.9 Å². The van der Waals surface area contributed by atoms with Crippen LogP contribution in [0.2, 0.25) is 0 Å². The zero-order valence-electron chi connectivity index (χ0n) is 13.1. The number of aromatic nitrogens is 3. The highest BCUT2D eigenvalue weighted by Gasteiger charge is 2.08. The van der Waals surface area contributed by atoms with Gasteiger partial charge < -0.3 is 26.2 Å². The van der Waals surface area contributed by atoms with Crippen molar-refractivity contribution in [2.24, 2.45) is 0 Å². The van der Waals surface area contributed by atoms with Gasteiger partial charge in [-0.15, -0.1) is 0 Å². The van der Waals surface area contributed by atoms with Crippen molar-refractivity contribution in [3.05, 3.63) is 29.8 Å². The van der Waals surface area contributed by atoms with Gasteiger partial charge in [0.2, 0.25) is 17.8 Å². The molecular formula is C15H22N6O2. The van der Waals surface area contributed by atoms with Crippen LogP contribution < -0.4 is 16.0 Å². The number of rotatable bonds is 9. The van der Waals surface area contributed by atoms with E-state index in [2.05, 4.69) is 37.8 Å². The number of nitrogens with zero attached hydrogens (tertiary/aromatic N) is 3. The monoisotopic (exact) mass is 318 g/mol. The molecule has 0 saturated carbocycles. The Morgan fingerprint density at radius 1 is 0.870 bits per heavy atom. The van der Waals surface area contributed by atoms with Gasteiger partial charge in [0.05, 0.1) is 13.2 Å².